The quantitative estimate of drug-likeness (QED) is 0.481. The van der Waals surface area contributed by atoms with Crippen LogP contribution in [0.1, 0.15) is 63.6 Å². The molecule has 0 amide bonds. The smallest absolute Gasteiger partial charge is 0.252 e. The Bertz CT molecular complexity index is 804. The van der Waals surface area contributed by atoms with Crippen LogP contribution in [0.5, 0.6) is 11.5 Å². The molecule has 7 nitrogen and oxygen atoms in total. The third-order valence-corrected chi connectivity index (χ3v) is 4.03. The highest BCUT2D eigenvalue weighted by Crippen LogP contribution is 2.29. The minimum absolute atomic E-state index is 0.191. The Morgan fingerprint density at radius 2 is 1.89 bits per heavy atom. The van der Waals surface area contributed by atoms with Crippen molar-refractivity contribution in [2.24, 2.45) is 5.10 Å². The second kappa shape index (κ2) is 10.2. The van der Waals surface area contributed by atoms with Gasteiger partial charge in [0.15, 0.2) is 11.5 Å². The van der Waals surface area contributed by atoms with Gasteiger partial charge in [0.2, 0.25) is 11.6 Å². The molecule has 1 heterocycles. The maximum Gasteiger partial charge on any atom is 0.252 e. The number of benzene rings is 1. The van der Waals surface area contributed by atoms with Gasteiger partial charge in [0.1, 0.15) is 6.07 Å². The lowest BCUT2D eigenvalue weighted by molar-refractivity contribution is 0.288. The summed E-state index contributed by atoms with van der Waals surface area (Å²) >= 11 is 0. The van der Waals surface area contributed by atoms with Crippen LogP contribution in [0.4, 0.5) is 5.88 Å². The van der Waals surface area contributed by atoms with Gasteiger partial charge in [0.05, 0.1) is 19.4 Å². The number of rotatable bonds is 10. The van der Waals surface area contributed by atoms with E-state index < -0.39 is 0 Å². The summed E-state index contributed by atoms with van der Waals surface area (Å²) in [6.45, 7) is 9.09. The van der Waals surface area contributed by atoms with E-state index in [1.54, 1.807) is 6.21 Å². The van der Waals surface area contributed by atoms with E-state index in [2.05, 4.69) is 29.4 Å². The van der Waals surface area contributed by atoms with Gasteiger partial charge in [0.25, 0.3) is 5.88 Å². The molecule has 7 heteroatoms. The molecule has 1 N–H and O–H groups in total. The highest BCUT2D eigenvalue weighted by molar-refractivity contribution is 5.81. The van der Waals surface area contributed by atoms with Crippen LogP contribution in [-0.2, 0) is 0 Å². The van der Waals surface area contributed by atoms with Crippen LogP contribution in [-0.4, -0.2) is 24.4 Å². The Hall–Kier alpha value is -3.01. The van der Waals surface area contributed by atoms with E-state index in [0.29, 0.717) is 30.6 Å². The number of hydrogen-bond donors (Lipinski definition) is 1. The van der Waals surface area contributed by atoms with Gasteiger partial charge >= 0.3 is 0 Å². The van der Waals surface area contributed by atoms with Gasteiger partial charge in [-0.15, -0.1) is 0 Å². The number of nitriles is 1. The maximum absolute atomic E-state index is 9.26. The van der Waals surface area contributed by atoms with Crippen LogP contribution >= 0.6 is 0 Å². The fraction of sp³-hybridized carbons (Fsp3) is 0.450. The Balaban J connectivity index is 2.15. The largest absolute Gasteiger partial charge is 0.490 e. The van der Waals surface area contributed by atoms with Crippen molar-refractivity contribution in [3.8, 4) is 17.6 Å². The number of ether oxygens (including phenoxy) is 2. The molecule has 27 heavy (non-hydrogen) atoms. The van der Waals surface area contributed by atoms with Crippen LogP contribution in [0.25, 0.3) is 0 Å². The zero-order valence-corrected chi connectivity index (χ0v) is 16.3. The molecular weight excluding hydrogens is 344 g/mol. The molecule has 0 aliphatic carbocycles. The summed E-state index contributed by atoms with van der Waals surface area (Å²) in [5, 5.41) is 13.4. The Kier molecular flexibility index (Phi) is 7.68. The van der Waals surface area contributed by atoms with Crippen molar-refractivity contribution < 1.29 is 13.9 Å². The highest BCUT2D eigenvalue weighted by atomic mass is 16.5. The van der Waals surface area contributed by atoms with Crippen molar-refractivity contribution >= 4 is 12.1 Å². The summed E-state index contributed by atoms with van der Waals surface area (Å²) in [5.74, 6) is 2.37. The first-order chi connectivity index (χ1) is 13.2. The van der Waals surface area contributed by atoms with Gasteiger partial charge in [-0.05, 0) is 50.5 Å². The lowest BCUT2D eigenvalue weighted by Crippen LogP contribution is -1.99. The fourth-order valence-electron chi connectivity index (χ4n) is 2.61. The summed E-state index contributed by atoms with van der Waals surface area (Å²) in [7, 11) is 0. The number of oxazole rings is 1. The third-order valence-electron chi connectivity index (χ3n) is 4.03. The number of nitrogens with zero attached hydrogens (tertiary/aromatic N) is 3. The zero-order chi connectivity index (χ0) is 19.6. The minimum atomic E-state index is 0.191. The molecule has 2 rings (SSSR count). The first-order valence-corrected chi connectivity index (χ1v) is 9.26. The van der Waals surface area contributed by atoms with Gasteiger partial charge in [-0.1, -0.05) is 13.8 Å². The van der Waals surface area contributed by atoms with Crippen molar-refractivity contribution in [1.82, 2.24) is 4.98 Å². The second-order valence-corrected chi connectivity index (χ2v) is 5.80. The van der Waals surface area contributed by atoms with Gasteiger partial charge in [0, 0.05) is 5.92 Å². The Morgan fingerprint density at radius 3 is 2.52 bits per heavy atom. The molecule has 0 saturated heterocycles. The third kappa shape index (κ3) is 5.23. The van der Waals surface area contributed by atoms with Gasteiger partial charge < -0.3 is 13.9 Å². The summed E-state index contributed by atoms with van der Waals surface area (Å²) in [6.07, 6.45) is 3.42. The van der Waals surface area contributed by atoms with E-state index in [9.17, 15) is 5.26 Å². The maximum atomic E-state index is 9.26. The number of hydrogen-bond acceptors (Lipinski definition) is 7. The molecule has 0 fully saturated rings. The standard InChI is InChI=1S/C20H26N4O3/c1-5-15(6-2)19-23-16(12-21)20(27-19)24-22-13-14-9-10-17(25-7-3)18(11-14)26-8-4/h9-11,13,15,24H,5-8H2,1-4H3/b22-13+. The predicted molar refractivity (Wildman–Crippen MR) is 105 cm³/mol. The molecule has 0 saturated carbocycles. The molecule has 0 unspecified atom stereocenters. The summed E-state index contributed by atoms with van der Waals surface area (Å²) in [5.41, 5.74) is 3.80. The molecule has 1 aromatic carbocycles. The molecule has 0 aliphatic rings. The van der Waals surface area contributed by atoms with Gasteiger partial charge in [-0.2, -0.15) is 10.4 Å². The van der Waals surface area contributed by atoms with Crippen molar-refractivity contribution in [3.63, 3.8) is 0 Å². The van der Waals surface area contributed by atoms with Crippen LogP contribution in [0.3, 0.4) is 0 Å². The van der Waals surface area contributed by atoms with Crippen molar-refractivity contribution in [2.75, 3.05) is 18.6 Å². The minimum Gasteiger partial charge on any atom is -0.490 e. The Morgan fingerprint density at radius 1 is 1.19 bits per heavy atom. The van der Waals surface area contributed by atoms with E-state index >= 15 is 0 Å². The van der Waals surface area contributed by atoms with Crippen LogP contribution in [0, 0.1) is 11.3 Å². The van der Waals surface area contributed by atoms with E-state index in [1.807, 2.05) is 38.1 Å². The highest BCUT2D eigenvalue weighted by Gasteiger charge is 2.18. The van der Waals surface area contributed by atoms with Crippen LogP contribution in [0.15, 0.2) is 27.7 Å². The van der Waals surface area contributed by atoms with Crippen LogP contribution < -0.4 is 14.9 Å². The molecule has 0 spiro atoms. The lowest BCUT2D eigenvalue weighted by Gasteiger charge is -2.11. The number of hydrazone groups is 1. The number of nitrogens with one attached hydrogen (secondary N) is 1. The van der Waals surface area contributed by atoms with Crippen molar-refractivity contribution in [2.45, 2.75) is 46.5 Å². The number of aromatic nitrogens is 1. The SMILES string of the molecule is CCOc1ccc(/C=N/Nc2oc(C(CC)CC)nc2C#N)cc1OCC. The van der Waals surface area contributed by atoms with Gasteiger partial charge in [-0.3, -0.25) is 0 Å². The normalized spacial score (nSPS) is 11.0. The van der Waals surface area contributed by atoms with Gasteiger partial charge in [-0.25, -0.2) is 10.4 Å². The first kappa shape index (κ1) is 20.3. The Labute approximate surface area is 160 Å². The molecule has 0 aliphatic heterocycles. The summed E-state index contributed by atoms with van der Waals surface area (Å²) in [6, 6.07) is 7.60. The molecule has 144 valence electrons. The fourth-order valence-corrected chi connectivity index (χ4v) is 2.61. The molecule has 0 radical (unpaired) electrons. The molecule has 2 aromatic rings. The van der Waals surface area contributed by atoms with E-state index in [4.69, 9.17) is 13.9 Å². The number of anilines is 1. The topological polar surface area (TPSA) is 92.7 Å². The molecule has 0 bridgehead atoms. The van der Waals surface area contributed by atoms with E-state index in [0.717, 1.165) is 18.4 Å². The average molecular weight is 370 g/mol. The van der Waals surface area contributed by atoms with E-state index in [-0.39, 0.29) is 17.5 Å². The molecule has 1 aromatic heterocycles. The second-order valence-electron chi connectivity index (χ2n) is 5.80. The summed E-state index contributed by atoms with van der Waals surface area (Å²) in [4.78, 5) is 4.27. The first-order valence-electron chi connectivity index (χ1n) is 9.26. The molecule has 0 atom stereocenters. The summed E-state index contributed by atoms with van der Waals surface area (Å²) < 4.78 is 16.9. The van der Waals surface area contributed by atoms with Crippen molar-refractivity contribution in [3.05, 3.63) is 35.3 Å². The average Bonchev–Trinajstić information content (AvgIpc) is 3.08. The van der Waals surface area contributed by atoms with E-state index in [1.165, 1.54) is 0 Å². The predicted octanol–water partition coefficient (Wildman–Crippen LogP) is 4.69. The van der Waals surface area contributed by atoms with Crippen molar-refractivity contribution in [1.29, 1.82) is 5.26 Å². The lowest BCUT2D eigenvalue weighted by atomic mass is 10.0. The van der Waals surface area contributed by atoms with Crippen LogP contribution in [0.2, 0.25) is 0 Å². The molecular formula is C20H26N4O3. The zero-order valence-electron chi connectivity index (χ0n) is 16.3. The monoisotopic (exact) mass is 370 g/mol.